The van der Waals surface area contributed by atoms with E-state index in [0.29, 0.717) is 23.6 Å². The van der Waals surface area contributed by atoms with Gasteiger partial charge in [0.05, 0.1) is 2.74 Å². The molecule has 0 atom stereocenters. The van der Waals surface area contributed by atoms with E-state index in [4.69, 9.17) is 7.48 Å². The van der Waals surface area contributed by atoms with Crippen molar-refractivity contribution in [2.24, 2.45) is 0 Å². The zero-order valence-electron chi connectivity index (χ0n) is 9.03. The number of benzene rings is 2. The van der Waals surface area contributed by atoms with E-state index < -0.39 is 0 Å². The van der Waals surface area contributed by atoms with Crippen molar-refractivity contribution in [3.8, 4) is 11.5 Å². The number of hydrogen-bond donors (Lipinski definition) is 0. The molecule has 1 heteroatoms. The summed E-state index contributed by atoms with van der Waals surface area (Å²) in [5.74, 6) is 0.939. The van der Waals surface area contributed by atoms with Crippen LogP contribution >= 0.6 is 0 Å². The van der Waals surface area contributed by atoms with Crippen LogP contribution in [-0.2, 0) is 0 Å². The number of para-hydroxylation sites is 2. The van der Waals surface area contributed by atoms with Crippen LogP contribution in [0.25, 0.3) is 0 Å². The van der Waals surface area contributed by atoms with Gasteiger partial charge in [0, 0.05) is 0 Å². The average molecular weight is 172 g/mol. The van der Waals surface area contributed by atoms with E-state index in [2.05, 4.69) is 0 Å². The fraction of sp³-hybridized carbons (Fsp3) is 0. The van der Waals surface area contributed by atoms with Crippen molar-refractivity contribution in [2.75, 3.05) is 0 Å². The zero-order chi connectivity index (χ0) is 10.7. The van der Waals surface area contributed by atoms with Crippen LogP contribution in [0.4, 0.5) is 0 Å². The summed E-state index contributed by atoms with van der Waals surface area (Å²) >= 11 is 0. The Morgan fingerprint density at radius 3 is 1.77 bits per heavy atom. The van der Waals surface area contributed by atoms with Crippen LogP contribution in [0.15, 0.2) is 60.6 Å². The van der Waals surface area contributed by atoms with Crippen molar-refractivity contribution in [1.82, 2.24) is 0 Å². The van der Waals surface area contributed by atoms with Gasteiger partial charge in [-0.05, 0) is 24.2 Å². The third-order valence-electron chi connectivity index (χ3n) is 1.58. The van der Waals surface area contributed by atoms with Crippen molar-refractivity contribution < 1.29 is 7.48 Å². The largest absolute Gasteiger partial charge is 0.457 e. The third-order valence-corrected chi connectivity index (χ3v) is 1.58. The molecule has 0 saturated heterocycles. The molecular weight excluding hydrogens is 160 g/mol. The Balaban J connectivity index is 2.30. The predicted molar refractivity (Wildman–Crippen MR) is 53.0 cm³/mol. The fourth-order valence-corrected chi connectivity index (χ4v) is 0.999. The molecule has 2 rings (SSSR count). The lowest BCUT2D eigenvalue weighted by atomic mass is 10.3. The summed E-state index contributed by atoms with van der Waals surface area (Å²) < 4.78 is 20.7. The maximum Gasteiger partial charge on any atom is 0.127 e. The van der Waals surface area contributed by atoms with E-state index >= 15 is 0 Å². The Hall–Kier alpha value is -1.76. The Bertz CT molecular complexity index is 425. The summed E-state index contributed by atoms with van der Waals surface area (Å²) in [6.07, 6.45) is 0. The highest BCUT2D eigenvalue weighted by Crippen LogP contribution is 2.19. The van der Waals surface area contributed by atoms with E-state index in [9.17, 15) is 0 Å². The molecule has 1 nitrogen and oxygen atoms in total. The normalized spacial score (nSPS) is 11.7. The highest BCUT2D eigenvalue weighted by atomic mass is 16.5. The lowest BCUT2D eigenvalue weighted by molar-refractivity contribution is 0.482. The SMILES string of the molecule is [2H]c1ccccc1Oc1ccccc1[2H]. The summed E-state index contributed by atoms with van der Waals surface area (Å²) in [6.45, 7) is 0. The maximum atomic E-state index is 7.60. The molecule has 0 spiro atoms. The van der Waals surface area contributed by atoms with Crippen LogP contribution < -0.4 is 4.74 Å². The van der Waals surface area contributed by atoms with E-state index in [1.54, 1.807) is 48.5 Å². The van der Waals surface area contributed by atoms with Gasteiger partial charge in [-0.25, -0.2) is 0 Å². The summed E-state index contributed by atoms with van der Waals surface area (Å²) in [6, 6.07) is 14.6. The first-order valence-electron chi connectivity index (χ1n) is 5.06. The van der Waals surface area contributed by atoms with Gasteiger partial charge in [-0.3, -0.25) is 0 Å². The summed E-state index contributed by atoms with van der Waals surface area (Å²) in [5.41, 5.74) is 0. The van der Waals surface area contributed by atoms with Crippen molar-refractivity contribution in [2.45, 2.75) is 0 Å². The molecule has 0 aromatic heterocycles. The molecule has 0 saturated carbocycles. The van der Waals surface area contributed by atoms with Crippen LogP contribution in [0.2, 0.25) is 0 Å². The number of rotatable bonds is 2. The summed E-state index contributed by atoms with van der Waals surface area (Å²) in [7, 11) is 0. The Morgan fingerprint density at radius 2 is 1.31 bits per heavy atom. The molecule has 0 bridgehead atoms. The standard InChI is InChI=1S/C12H10O/c1-3-7-11(8-4-1)13-12-9-5-2-6-10-12/h1-10H/i7D,9D. The van der Waals surface area contributed by atoms with Crippen molar-refractivity contribution >= 4 is 0 Å². The lowest BCUT2D eigenvalue weighted by Gasteiger charge is -2.03. The highest BCUT2D eigenvalue weighted by Gasteiger charge is 1.92. The van der Waals surface area contributed by atoms with E-state index in [-0.39, 0.29) is 0 Å². The molecule has 2 aromatic rings. The highest BCUT2D eigenvalue weighted by molar-refractivity contribution is 5.30. The molecule has 13 heavy (non-hydrogen) atoms. The van der Waals surface area contributed by atoms with Crippen LogP contribution in [0, 0.1) is 0 Å². The number of ether oxygens (including phenoxy) is 1. The predicted octanol–water partition coefficient (Wildman–Crippen LogP) is 3.48. The van der Waals surface area contributed by atoms with E-state index in [1.165, 1.54) is 0 Å². The lowest BCUT2D eigenvalue weighted by Crippen LogP contribution is -1.81. The first kappa shape index (κ1) is 5.81. The Morgan fingerprint density at radius 1 is 0.769 bits per heavy atom. The van der Waals surface area contributed by atoms with Crippen molar-refractivity contribution in [3.05, 3.63) is 60.6 Å². The quantitative estimate of drug-likeness (QED) is 0.673. The van der Waals surface area contributed by atoms with Gasteiger partial charge in [-0.15, -0.1) is 0 Å². The van der Waals surface area contributed by atoms with Gasteiger partial charge in [0.1, 0.15) is 11.5 Å². The second-order valence-corrected chi connectivity index (χ2v) is 2.56. The molecule has 0 amide bonds. The fourth-order valence-electron chi connectivity index (χ4n) is 0.999. The van der Waals surface area contributed by atoms with Crippen LogP contribution in [0.1, 0.15) is 2.74 Å². The van der Waals surface area contributed by atoms with Gasteiger partial charge in [0.2, 0.25) is 0 Å². The van der Waals surface area contributed by atoms with E-state index in [0.717, 1.165) is 0 Å². The van der Waals surface area contributed by atoms with Gasteiger partial charge in [0.25, 0.3) is 0 Å². The van der Waals surface area contributed by atoms with Crippen LogP contribution in [0.3, 0.4) is 0 Å². The molecular formula is C12H10O. The summed E-state index contributed by atoms with van der Waals surface area (Å²) in [5, 5.41) is 0. The molecule has 0 aliphatic carbocycles. The van der Waals surface area contributed by atoms with Gasteiger partial charge >= 0.3 is 0 Å². The smallest absolute Gasteiger partial charge is 0.127 e. The van der Waals surface area contributed by atoms with Crippen molar-refractivity contribution in [1.29, 1.82) is 0 Å². The minimum absolute atomic E-state index is 0.320. The van der Waals surface area contributed by atoms with Crippen LogP contribution in [-0.4, -0.2) is 0 Å². The monoisotopic (exact) mass is 172 g/mol. The van der Waals surface area contributed by atoms with Gasteiger partial charge < -0.3 is 4.74 Å². The minimum Gasteiger partial charge on any atom is -0.457 e. The maximum absolute atomic E-state index is 7.60. The van der Waals surface area contributed by atoms with Gasteiger partial charge in [-0.1, -0.05) is 36.4 Å². The molecule has 0 radical (unpaired) electrons. The van der Waals surface area contributed by atoms with Crippen molar-refractivity contribution in [3.63, 3.8) is 0 Å². The molecule has 0 fully saturated rings. The number of hydrogen-bond acceptors (Lipinski definition) is 1. The molecule has 0 N–H and O–H groups in total. The molecule has 0 heterocycles. The average Bonchev–Trinajstić information content (AvgIpc) is 2.24. The minimum atomic E-state index is 0.320. The van der Waals surface area contributed by atoms with Crippen LogP contribution in [0.5, 0.6) is 11.5 Å². The topological polar surface area (TPSA) is 9.23 Å². The summed E-state index contributed by atoms with van der Waals surface area (Å²) in [4.78, 5) is 0. The van der Waals surface area contributed by atoms with Gasteiger partial charge in [0.15, 0.2) is 0 Å². The molecule has 0 aliphatic rings. The Labute approximate surface area is 80.4 Å². The molecule has 0 unspecified atom stereocenters. The van der Waals surface area contributed by atoms with Gasteiger partial charge in [-0.2, -0.15) is 0 Å². The first-order chi connectivity index (χ1) is 7.27. The molecule has 2 aromatic carbocycles. The third kappa shape index (κ3) is 2.09. The zero-order valence-corrected chi connectivity index (χ0v) is 7.03. The Kier molecular flexibility index (Phi) is 1.68. The van der Waals surface area contributed by atoms with E-state index in [1.807, 2.05) is 0 Å². The second-order valence-electron chi connectivity index (χ2n) is 2.56. The molecule has 64 valence electrons. The first-order valence-corrected chi connectivity index (χ1v) is 4.06. The second kappa shape index (κ2) is 3.76. The molecule has 0 aliphatic heterocycles.